The molecule has 0 unspecified atom stereocenters. The average molecular weight is 498 g/mol. The van der Waals surface area contributed by atoms with Gasteiger partial charge in [0, 0.05) is 23.2 Å². The summed E-state index contributed by atoms with van der Waals surface area (Å²) < 4.78 is 0. The molecule has 0 aromatic heterocycles. The number of phenols is 1. The van der Waals surface area contributed by atoms with E-state index < -0.39 is 5.97 Å². The molecule has 3 aromatic carbocycles. The third kappa shape index (κ3) is 8.25. The molecule has 5 nitrogen and oxygen atoms in total. The van der Waals surface area contributed by atoms with Crippen molar-refractivity contribution in [1.29, 1.82) is 0 Å². The number of aromatic hydroxyl groups is 1. The predicted octanol–water partition coefficient (Wildman–Crippen LogP) is 6.95. The summed E-state index contributed by atoms with van der Waals surface area (Å²) >= 11 is 0. The van der Waals surface area contributed by atoms with Crippen LogP contribution in [0.2, 0.25) is 0 Å². The molecule has 3 rings (SSSR count). The average Bonchev–Trinajstić information content (AvgIpc) is 2.91. The Hall–Kier alpha value is -4.04. The number of aromatic carboxylic acids is 1. The third-order valence-corrected chi connectivity index (χ3v) is 6.24. The van der Waals surface area contributed by atoms with Gasteiger partial charge in [-0.25, -0.2) is 4.79 Å². The SMILES string of the molecule is CCCCCC(=O)N(Cc1ccc(C#Cc2ccc(CCCC)cc2)cc1)c1ccc(O)c(C(=O)O)c1. The topological polar surface area (TPSA) is 77.8 Å². The Morgan fingerprint density at radius 1 is 0.784 bits per heavy atom. The molecule has 0 aliphatic heterocycles. The zero-order valence-electron chi connectivity index (χ0n) is 21.7. The first-order chi connectivity index (χ1) is 17.9. The predicted molar refractivity (Wildman–Crippen MR) is 148 cm³/mol. The van der Waals surface area contributed by atoms with Crippen LogP contribution in [-0.4, -0.2) is 22.1 Å². The third-order valence-electron chi connectivity index (χ3n) is 6.24. The quantitative estimate of drug-likeness (QED) is 0.222. The van der Waals surface area contributed by atoms with E-state index in [2.05, 4.69) is 50.0 Å². The van der Waals surface area contributed by atoms with Crippen LogP contribution in [0, 0.1) is 11.8 Å². The van der Waals surface area contributed by atoms with Gasteiger partial charge in [0.05, 0.1) is 6.54 Å². The zero-order chi connectivity index (χ0) is 26.6. The molecule has 5 heteroatoms. The van der Waals surface area contributed by atoms with Crippen LogP contribution in [0.1, 0.15) is 85.0 Å². The fraction of sp³-hybridized carbons (Fsp3) is 0.312. The Morgan fingerprint density at radius 2 is 1.38 bits per heavy atom. The number of nitrogens with zero attached hydrogens (tertiary/aromatic N) is 1. The number of rotatable bonds is 11. The van der Waals surface area contributed by atoms with E-state index in [1.807, 2.05) is 24.3 Å². The maximum Gasteiger partial charge on any atom is 0.339 e. The van der Waals surface area contributed by atoms with Crippen molar-refractivity contribution < 1.29 is 19.8 Å². The van der Waals surface area contributed by atoms with Crippen LogP contribution >= 0.6 is 0 Å². The number of carbonyl (C=O) groups is 2. The minimum absolute atomic E-state index is 0.0817. The number of carbonyl (C=O) groups excluding carboxylic acids is 1. The molecule has 37 heavy (non-hydrogen) atoms. The fourth-order valence-electron chi connectivity index (χ4n) is 4.00. The number of unbranched alkanes of at least 4 members (excludes halogenated alkanes) is 3. The largest absolute Gasteiger partial charge is 0.507 e. The number of aryl methyl sites for hydroxylation is 1. The summed E-state index contributed by atoms with van der Waals surface area (Å²) in [5, 5.41) is 19.3. The van der Waals surface area contributed by atoms with Gasteiger partial charge in [0.1, 0.15) is 11.3 Å². The minimum atomic E-state index is -1.24. The molecular weight excluding hydrogens is 462 g/mol. The van der Waals surface area contributed by atoms with Crippen LogP contribution in [0.4, 0.5) is 5.69 Å². The van der Waals surface area contributed by atoms with Crippen molar-refractivity contribution in [3.05, 3.63) is 94.5 Å². The summed E-state index contributed by atoms with van der Waals surface area (Å²) in [4.78, 5) is 26.2. The Labute approximate surface area is 219 Å². The first-order valence-electron chi connectivity index (χ1n) is 13.0. The van der Waals surface area contributed by atoms with E-state index in [-0.39, 0.29) is 17.2 Å². The molecule has 0 atom stereocenters. The number of carboxylic acids is 1. The molecule has 0 radical (unpaired) electrons. The van der Waals surface area contributed by atoms with Crippen molar-refractivity contribution in [2.75, 3.05) is 4.90 Å². The highest BCUT2D eigenvalue weighted by Gasteiger charge is 2.19. The first-order valence-corrected chi connectivity index (χ1v) is 13.0. The van der Waals surface area contributed by atoms with Crippen LogP contribution in [0.15, 0.2) is 66.7 Å². The molecule has 0 heterocycles. The lowest BCUT2D eigenvalue weighted by molar-refractivity contribution is -0.118. The number of anilines is 1. The van der Waals surface area contributed by atoms with E-state index >= 15 is 0 Å². The summed E-state index contributed by atoms with van der Waals surface area (Å²) in [6.07, 6.45) is 6.55. The van der Waals surface area contributed by atoms with Crippen molar-refractivity contribution in [3.8, 4) is 17.6 Å². The molecule has 0 fully saturated rings. The summed E-state index contributed by atoms with van der Waals surface area (Å²) in [7, 11) is 0. The van der Waals surface area contributed by atoms with E-state index in [4.69, 9.17) is 0 Å². The molecule has 0 saturated carbocycles. The Morgan fingerprint density at radius 3 is 1.95 bits per heavy atom. The lowest BCUT2D eigenvalue weighted by atomic mass is 10.1. The van der Waals surface area contributed by atoms with Gasteiger partial charge in [-0.1, -0.05) is 69.2 Å². The summed E-state index contributed by atoms with van der Waals surface area (Å²) in [6.45, 7) is 4.56. The molecule has 0 bridgehead atoms. The van der Waals surface area contributed by atoms with Gasteiger partial charge < -0.3 is 15.1 Å². The van der Waals surface area contributed by atoms with Gasteiger partial charge in [-0.15, -0.1) is 0 Å². The van der Waals surface area contributed by atoms with E-state index in [9.17, 15) is 19.8 Å². The van der Waals surface area contributed by atoms with Gasteiger partial charge in [-0.05, 0) is 72.9 Å². The van der Waals surface area contributed by atoms with Crippen LogP contribution < -0.4 is 4.90 Å². The smallest absolute Gasteiger partial charge is 0.339 e. The second-order valence-corrected chi connectivity index (χ2v) is 9.19. The molecule has 1 amide bonds. The van der Waals surface area contributed by atoms with Crippen molar-refractivity contribution in [2.45, 2.75) is 65.3 Å². The maximum absolute atomic E-state index is 13.1. The molecule has 0 aliphatic carbocycles. The molecular formula is C32H35NO4. The zero-order valence-corrected chi connectivity index (χ0v) is 21.7. The van der Waals surface area contributed by atoms with Crippen LogP contribution in [0.25, 0.3) is 0 Å². The molecule has 0 saturated heterocycles. The molecule has 0 aliphatic rings. The van der Waals surface area contributed by atoms with Gasteiger partial charge in [-0.3, -0.25) is 4.79 Å². The Kier molecular flexibility index (Phi) is 10.3. The van der Waals surface area contributed by atoms with Gasteiger partial charge in [0.15, 0.2) is 0 Å². The molecule has 2 N–H and O–H groups in total. The minimum Gasteiger partial charge on any atom is -0.507 e. The van der Waals surface area contributed by atoms with Crippen molar-refractivity contribution in [2.24, 2.45) is 0 Å². The molecule has 3 aromatic rings. The van der Waals surface area contributed by atoms with E-state index in [0.29, 0.717) is 18.7 Å². The number of benzene rings is 3. The van der Waals surface area contributed by atoms with Crippen molar-refractivity contribution in [3.63, 3.8) is 0 Å². The van der Waals surface area contributed by atoms with E-state index in [1.165, 1.54) is 30.5 Å². The number of hydrogen-bond donors (Lipinski definition) is 2. The highest BCUT2D eigenvalue weighted by Crippen LogP contribution is 2.26. The van der Waals surface area contributed by atoms with Gasteiger partial charge in [-0.2, -0.15) is 0 Å². The second kappa shape index (κ2) is 13.9. The number of hydrogen-bond acceptors (Lipinski definition) is 3. The van der Waals surface area contributed by atoms with E-state index in [1.54, 1.807) is 11.0 Å². The van der Waals surface area contributed by atoms with Crippen molar-refractivity contribution in [1.82, 2.24) is 0 Å². The Balaban J connectivity index is 1.76. The molecule has 0 spiro atoms. The standard InChI is InChI=1S/C32H35NO4/c1-3-5-7-9-31(35)33(28-20-21-30(34)29(22-28)32(36)37)23-27-18-16-26(17-19-27)15-14-25-12-10-24(11-13-25)8-6-4-2/h10-13,16-22,34H,3-9,23H2,1-2H3,(H,36,37). The van der Waals surface area contributed by atoms with E-state index in [0.717, 1.165) is 42.4 Å². The monoisotopic (exact) mass is 497 g/mol. The highest BCUT2D eigenvalue weighted by molar-refractivity contribution is 5.97. The van der Waals surface area contributed by atoms with Crippen LogP contribution in [-0.2, 0) is 17.8 Å². The lowest BCUT2D eigenvalue weighted by Gasteiger charge is -2.24. The number of amides is 1. The van der Waals surface area contributed by atoms with Gasteiger partial charge in [0.2, 0.25) is 5.91 Å². The highest BCUT2D eigenvalue weighted by atomic mass is 16.4. The summed E-state index contributed by atoms with van der Waals surface area (Å²) in [5.41, 5.74) is 4.29. The van der Waals surface area contributed by atoms with Crippen LogP contribution in [0.5, 0.6) is 5.75 Å². The molecule has 192 valence electrons. The van der Waals surface area contributed by atoms with Crippen molar-refractivity contribution >= 4 is 17.6 Å². The number of carboxylic acid groups (broad SMARTS) is 1. The summed E-state index contributed by atoms with van der Waals surface area (Å²) in [5.74, 6) is 4.75. The second-order valence-electron chi connectivity index (χ2n) is 9.19. The fourth-order valence-corrected chi connectivity index (χ4v) is 4.00. The normalized spacial score (nSPS) is 10.4. The lowest BCUT2D eigenvalue weighted by Crippen LogP contribution is -2.30. The van der Waals surface area contributed by atoms with Gasteiger partial charge in [0.25, 0.3) is 0 Å². The Bertz CT molecular complexity index is 1250. The summed E-state index contributed by atoms with van der Waals surface area (Å²) in [6, 6.07) is 20.3. The van der Waals surface area contributed by atoms with Crippen LogP contribution in [0.3, 0.4) is 0 Å². The first kappa shape index (κ1) is 27.5. The maximum atomic E-state index is 13.1. The van der Waals surface area contributed by atoms with Gasteiger partial charge >= 0.3 is 5.97 Å².